The van der Waals surface area contributed by atoms with Gasteiger partial charge in [-0.1, -0.05) is 18.2 Å². The third-order valence-electron chi connectivity index (χ3n) is 2.73. The van der Waals surface area contributed by atoms with Crippen LogP contribution < -0.4 is 5.73 Å². The molecular weight excluding hydrogens is 218 g/mol. The topological polar surface area (TPSA) is 35.2 Å². The minimum Gasteiger partial charge on any atom is -0.383 e. The minimum absolute atomic E-state index is 0.142. The van der Waals surface area contributed by atoms with E-state index in [1.54, 1.807) is 18.4 Å². The molecule has 1 aromatic carbocycles. The quantitative estimate of drug-likeness (QED) is 0.865. The molecule has 0 fully saturated rings. The maximum atomic E-state index is 5.92. The number of benzene rings is 1. The van der Waals surface area contributed by atoms with Gasteiger partial charge in [0.2, 0.25) is 0 Å². The maximum absolute atomic E-state index is 5.92. The average Bonchev–Trinajstić information content (AvgIpc) is 2.70. The molecule has 1 atom stereocenters. The predicted molar refractivity (Wildman–Crippen MR) is 70.0 cm³/mol. The van der Waals surface area contributed by atoms with Crippen LogP contribution in [0.5, 0.6) is 0 Å². The number of aryl methyl sites for hydroxylation is 1. The van der Waals surface area contributed by atoms with Gasteiger partial charge in [0, 0.05) is 17.9 Å². The summed E-state index contributed by atoms with van der Waals surface area (Å²) in [5.74, 6) is 0. The number of fused-ring (bicyclic) bond motifs is 1. The van der Waals surface area contributed by atoms with Gasteiger partial charge in [-0.05, 0) is 35.2 Å². The number of ether oxygens (including phenoxy) is 1. The van der Waals surface area contributed by atoms with Crippen LogP contribution in [0.2, 0.25) is 0 Å². The summed E-state index contributed by atoms with van der Waals surface area (Å²) in [6, 6.07) is 8.66. The van der Waals surface area contributed by atoms with Crippen LogP contribution in [0, 0.1) is 0 Å². The van der Waals surface area contributed by atoms with Crippen molar-refractivity contribution in [1.82, 2.24) is 0 Å². The second-order valence-corrected chi connectivity index (χ2v) is 4.92. The molecule has 1 heterocycles. The molecule has 0 aliphatic carbocycles. The fraction of sp³-hybridized carbons (Fsp3) is 0.385. The highest BCUT2D eigenvalue weighted by atomic mass is 32.1. The summed E-state index contributed by atoms with van der Waals surface area (Å²) < 4.78 is 6.40. The number of rotatable bonds is 5. The highest BCUT2D eigenvalue weighted by molar-refractivity contribution is 7.17. The van der Waals surface area contributed by atoms with Crippen molar-refractivity contribution < 1.29 is 4.74 Å². The summed E-state index contributed by atoms with van der Waals surface area (Å²) >= 11 is 1.81. The molecule has 0 saturated heterocycles. The van der Waals surface area contributed by atoms with Crippen molar-refractivity contribution >= 4 is 21.4 Å². The van der Waals surface area contributed by atoms with E-state index in [0.29, 0.717) is 6.61 Å². The van der Waals surface area contributed by atoms with Crippen molar-refractivity contribution in [3.63, 3.8) is 0 Å². The molecule has 2 N–H and O–H groups in total. The van der Waals surface area contributed by atoms with E-state index >= 15 is 0 Å². The normalized spacial score (nSPS) is 13.1. The van der Waals surface area contributed by atoms with Gasteiger partial charge in [-0.2, -0.15) is 0 Å². The first-order chi connectivity index (χ1) is 7.81. The number of thiophene rings is 1. The fourth-order valence-corrected chi connectivity index (χ4v) is 2.86. The van der Waals surface area contributed by atoms with Crippen LogP contribution in [0.15, 0.2) is 29.6 Å². The Morgan fingerprint density at radius 2 is 2.19 bits per heavy atom. The zero-order valence-electron chi connectivity index (χ0n) is 9.48. The molecule has 0 amide bonds. The molecule has 0 bridgehead atoms. The van der Waals surface area contributed by atoms with Crippen LogP contribution in [-0.2, 0) is 11.2 Å². The van der Waals surface area contributed by atoms with E-state index in [2.05, 4.69) is 29.6 Å². The van der Waals surface area contributed by atoms with Crippen LogP contribution >= 0.6 is 11.3 Å². The smallest absolute Gasteiger partial charge is 0.0613 e. The van der Waals surface area contributed by atoms with E-state index in [4.69, 9.17) is 10.5 Å². The van der Waals surface area contributed by atoms with Crippen molar-refractivity contribution in [2.45, 2.75) is 18.9 Å². The summed E-state index contributed by atoms with van der Waals surface area (Å²) in [7, 11) is 1.69. The first kappa shape index (κ1) is 11.6. The lowest BCUT2D eigenvalue weighted by molar-refractivity contribution is 0.177. The first-order valence-electron chi connectivity index (χ1n) is 5.51. The molecule has 0 saturated carbocycles. The van der Waals surface area contributed by atoms with Gasteiger partial charge in [0.25, 0.3) is 0 Å². The van der Waals surface area contributed by atoms with Gasteiger partial charge in [-0.15, -0.1) is 11.3 Å². The molecule has 2 nitrogen and oxygen atoms in total. The van der Waals surface area contributed by atoms with Crippen LogP contribution in [0.1, 0.15) is 12.0 Å². The lowest BCUT2D eigenvalue weighted by Gasteiger charge is -2.09. The van der Waals surface area contributed by atoms with E-state index in [-0.39, 0.29) is 6.04 Å². The predicted octanol–water partition coefficient (Wildman–Crippen LogP) is 2.81. The van der Waals surface area contributed by atoms with Gasteiger partial charge in [-0.25, -0.2) is 0 Å². The summed E-state index contributed by atoms with van der Waals surface area (Å²) in [5.41, 5.74) is 7.33. The Hall–Kier alpha value is -0.900. The fourth-order valence-electron chi connectivity index (χ4n) is 1.86. The molecule has 16 heavy (non-hydrogen) atoms. The first-order valence-corrected chi connectivity index (χ1v) is 6.39. The molecule has 1 unspecified atom stereocenters. The van der Waals surface area contributed by atoms with Gasteiger partial charge in [0.15, 0.2) is 0 Å². The summed E-state index contributed by atoms with van der Waals surface area (Å²) in [5, 5.41) is 3.61. The molecule has 86 valence electrons. The highest BCUT2D eigenvalue weighted by Gasteiger charge is 2.06. The zero-order chi connectivity index (χ0) is 11.4. The number of hydrogen-bond donors (Lipinski definition) is 1. The monoisotopic (exact) mass is 235 g/mol. The molecule has 2 aromatic rings. The van der Waals surface area contributed by atoms with Gasteiger partial charge < -0.3 is 10.5 Å². The number of hydrogen-bond acceptors (Lipinski definition) is 3. The zero-order valence-corrected chi connectivity index (χ0v) is 10.3. The Bertz CT molecular complexity index is 452. The third kappa shape index (κ3) is 2.61. The van der Waals surface area contributed by atoms with Gasteiger partial charge in [-0.3, -0.25) is 0 Å². The largest absolute Gasteiger partial charge is 0.383 e. The second kappa shape index (κ2) is 5.43. The van der Waals surface area contributed by atoms with Gasteiger partial charge in [0.05, 0.1) is 6.61 Å². The Morgan fingerprint density at radius 1 is 1.38 bits per heavy atom. The molecule has 0 aliphatic rings. The lowest BCUT2D eigenvalue weighted by Crippen LogP contribution is -2.25. The molecule has 0 spiro atoms. The Labute approximate surface area is 100 Å². The lowest BCUT2D eigenvalue weighted by atomic mass is 10.1. The van der Waals surface area contributed by atoms with Crippen LogP contribution in [0.25, 0.3) is 10.1 Å². The molecule has 2 rings (SSSR count). The van der Waals surface area contributed by atoms with Crippen molar-refractivity contribution in [2.24, 2.45) is 5.73 Å². The van der Waals surface area contributed by atoms with Crippen molar-refractivity contribution in [3.05, 3.63) is 35.2 Å². The summed E-state index contributed by atoms with van der Waals surface area (Å²) in [4.78, 5) is 0. The molecule has 0 aliphatic heterocycles. The molecular formula is C13H17NOS. The SMILES string of the molecule is COCC(N)CCc1csc2ccccc12. The highest BCUT2D eigenvalue weighted by Crippen LogP contribution is 2.26. The average molecular weight is 235 g/mol. The number of nitrogens with two attached hydrogens (primary N) is 1. The van der Waals surface area contributed by atoms with Crippen LogP contribution in [0.3, 0.4) is 0 Å². The van der Waals surface area contributed by atoms with Crippen molar-refractivity contribution in [2.75, 3.05) is 13.7 Å². The molecule has 1 aromatic heterocycles. The van der Waals surface area contributed by atoms with Gasteiger partial charge in [0.1, 0.15) is 0 Å². The van der Waals surface area contributed by atoms with E-state index in [0.717, 1.165) is 12.8 Å². The Balaban J connectivity index is 2.04. The minimum atomic E-state index is 0.142. The van der Waals surface area contributed by atoms with E-state index in [1.807, 2.05) is 0 Å². The number of methoxy groups -OCH3 is 1. The standard InChI is InChI=1S/C13H17NOS/c1-15-8-11(14)7-6-10-9-16-13-5-3-2-4-12(10)13/h2-5,9,11H,6-8,14H2,1H3. The van der Waals surface area contributed by atoms with Crippen LogP contribution in [0.4, 0.5) is 0 Å². The Morgan fingerprint density at radius 3 is 3.00 bits per heavy atom. The van der Waals surface area contributed by atoms with E-state index in [1.165, 1.54) is 15.6 Å². The maximum Gasteiger partial charge on any atom is 0.0613 e. The molecule has 3 heteroatoms. The van der Waals surface area contributed by atoms with Gasteiger partial charge >= 0.3 is 0 Å². The van der Waals surface area contributed by atoms with E-state index in [9.17, 15) is 0 Å². The van der Waals surface area contributed by atoms with Crippen LogP contribution in [-0.4, -0.2) is 19.8 Å². The second-order valence-electron chi connectivity index (χ2n) is 4.01. The Kier molecular flexibility index (Phi) is 3.93. The van der Waals surface area contributed by atoms with E-state index < -0.39 is 0 Å². The van der Waals surface area contributed by atoms with Crippen molar-refractivity contribution in [1.29, 1.82) is 0 Å². The molecule has 0 radical (unpaired) electrons. The third-order valence-corrected chi connectivity index (χ3v) is 3.74. The summed E-state index contributed by atoms with van der Waals surface area (Å²) in [6.07, 6.45) is 2.02. The van der Waals surface area contributed by atoms with Crippen molar-refractivity contribution in [3.8, 4) is 0 Å². The summed E-state index contributed by atoms with van der Waals surface area (Å²) in [6.45, 7) is 0.641.